The molecule has 2 aromatic rings. The van der Waals surface area contributed by atoms with Gasteiger partial charge in [0.1, 0.15) is 5.76 Å². The van der Waals surface area contributed by atoms with Crippen molar-refractivity contribution in [1.29, 1.82) is 0 Å². The Kier molecular flexibility index (Phi) is 9.02. The Balaban J connectivity index is 0.00000338. The fourth-order valence-electron chi connectivity index (χ4n) is 2.33. The summed E-state index contributed by atoms with van der Waals surface area (Å²) in [6, 6.07) is 0. The van der Waals surface area contributed by atoms with Crippen molar-refractivity contribution in [1.82, 2.24) is 20.6 Å². The summed E-state index contributed by atoms with van der Waals surface area (Å²) in [5, 5.41) is 7.70. The highest BCUT2D eigenvalue weighted by Gasteiger charge is 2.19. The number of aromatic nitrogens is 2. The molecule has 0 amide bonds. The third-order valence-electron chi connectivity index (χ3n) is 3.83. The van der Waals surface area contributed by atoms with E-state index in [1.165, 1.54) is 15.6 Å². The smallest absolute Gasteiger partial charge is 0.213 e. The van der Waals surface area contributed by atoms with Gasteiger partial charge in [0.25, 0.3) is 0 Å². The van der Waals surface area contributed by atoms with Gasteiger partial charge in [0.2, 0.25) is 5.89 Å². The van der Waals surface area contributed by atoms with Gasteiger partial charge < -0.3 is 15.1 Å². The Morgan fingerprint density at radius 1 is 1.31 bits per heavy atom. The van der Waals surface area contributed by atoms with Crippen LogP contribution in [-0.2, 0) is 24.8 Å². The molecule has 0 saturated carbocycles. The first-order valence-electron chi connectivity index (χ1n) is 8.68. The number of halogens is 1. The first kappa shape index (κ1) is 22.9. The van der Waals surface area contributed by atoms with Crippen molar-refractivity contribution in [2.24, 2.45) is 4.99 Å². The largest absolute Gasteiger partial charge is 0.443 e. The lowest BCUT2D eigenvalue weighted by atomic mass is 9.94. The molecule has 0 aliphatic heterocycles. The Morgan fingerprint density at radius 2 is 2.04 bits per heavy atom. The van der Waals surface area contributed by atoms with E-state index in [1.54, 1.807) is 24.6 Å². The highest BCUT2D eigenvalue weighted by molar-refractivity contribution is 14.0. The van der Waals surface area contributed by atoms with E-state index < -0.39 is 0 Å². The quantitative estimate of drug-likeness (QED) is 0.365. The molecule has 2 heterocycles. The van der Waals surface area contributed by atoms with Gasteiger partial charge in [0, 0.05) is 30.3 Å². The number of rotatable bonds is 6. The van der Waals surface area contributed by atoms with Crippen LogP contribution in [0.25, 0.3) is 0 Å². The number of nitrogens with zero attached hydrogens (tertiary/aromatic N) is 3. The Bertz CT molecular complexity index is 717. The second-order valence-corrected chi connectivity index (χ2v) is 8.22. The maximum atomic E-state index is 5.78. The van der Waals surface area contributed by atoms with Crippen LogP contribution in [0.1, 0.15) is 54.9 Å². The summed E-state index contributed by atoms with van der Waals surface area (Å²) in [6.45, 7) is 11.9. The zero-order valence-corrected chi connectivity index (χ0v) is 19.6. The number of aryl methyl sites for hydroxylation is 2. The molecule has 8 heteroatoms. The summed E-state index contributed by atoms with van der Waals surface area (Å²) in [4.78, 5) is 14.5. The Morgan fingerprint density at radius 3 is 2.58 bits per heavy atom. The molecule has 0 bridgehead atoms. The van der Waals surface area contributed by atoms with Crippen LogP contribution in [0.4, 0.5) is 0 Å². The lowest BCUT2D eigenvalue weighted by Crippen LogP contribution is -2.37. The van der Waals surface area contributed by atoms with Crippen molar-refractivity contribution < 1.29 is 4.42 Å². The molecule has 2 N–H and O–H groups in total. The molecule has 2 rings (SSSR count). The number of thiazole rings is 1. The molecule has 0 aliphatic rings. The van der Waals surface area contributed by atoms with E-state index in [9.17, 15) is 0 Å². The van der Waals surface area contributed by atoms with Crippen LogP contribution in [0.5, 0.6) is 0 Å². The number of hydrogen-bond acceptors (Lipinski definition) is 5. The van der Waals surface area contributed by atoms with Crippen molar-refractivity contribution in [3.05, 3.63) is 33.4 Å². The van der Waals surface area contributed by atoms with Gasteiger partial charge in [-0.25, -0.2) is 9.97 Å². The third-order valence-corrected chi connectivity index (χ3v) is 4.90. The summed E-state index contributed by atoms with van der Waals surface area (Å²) < 4.78 is 5.78. The van der Waals surface area contributed by atoms with Gasteiger partial charge >= 0.3 is 0 Å². The molecule has 0 fully saturated rings. The molecule has 2 aromatic heterocycles. The van der Waals surface area contributed by atoms with Gasteiger partial charge in [-0.2, -0.15) is 0 Å². The normalized spacial score (nSPS) is 12.0. The van der Waals surface area contributed by atoms with E-state index in [1.807, 2.05) is 0 Å². The standard InChI is InChI=1S/C18H29N5OS.HI/c1-7-13-12(2)25-16(23-13)8-9-20-17(19-6)22-11-15-21-10-14(24-15)18(3,4)5;/h10H,7-9,11H2,1-6H3,(H2,19,20,22);1H. The van der Waals surface area contributed by atoms with E-state index >= 15 is 0 Å². The van der Waals surface area contributed by atoms with Crippen LogP contribution >= 0.6 is 35.3 Å². The number of oxazole rings is 1. The topological polar surface area (TPSA) is 75.3 Å². The van der Waals surface area contributed by atoms with Crippen molar-refractivity contribution in [2.45, 2.75) is 59.4 Å². The maximum absolute atomic E-state index is 5.78. The molecule has 146 valence electrons. The zero-order chi connectivity index (χ0) is 18.4. The highest BCUT2D eigenvalue weighted by atomic mass is 127. The van der Waals surface area contributed by atoms with Gasteiger partial charge in [-0.1, -0.05) is 27.7 Å². The molecule has 26 heavy (non-hydrogen) atoms. The molecule has 6 nitrogen and oxygen atoms in total. The van der Waals surface area contributed by atoms with Crippen molar-refractivity contribution in [2.75, 3.05) is 13.6 Å². The molecule has 0 spiro atoms. The zero-order valence-electron chi connectivity index (χ0n) is 16.5. The van der Waals surface area contributed by atoms with Gasteiger partial charge in [0.05, 0.1) is 23.4 Å². The monoisotopic (exact) mass is 491 g/mol. The van der Waals surface area contributed by atoms with Gasteiger partial charge in [-0.3, -0.25) is 4.99 Å². The highest BCUT2D eigenvalue weighted by Crippen LogP contribution is 2.22. The van der Waals surface area contributed by atoms with Crippen molar-refractivity contribution in [3.63, 3.8) is 0 Å². The number of hydrogen-bond donors (Lipinski definition) is 2. The molecule has 0 unspecified atom stereocenters. The summed E-state index contributed by atoms with van der Waals surface area (Å²) >= 11 is 1.78. The van der Waals surface area contributed by atoms with Crippen molar-refractivity contribution >= 4 is 41.3 Å². The molecule has 0 radical (unpaired) electrons. The fourth-order valence-corrected chi connectivity index (χ4v) is 3.35. The van der Waals surface area contributed by atoms with E-state index in [-0.39, 0.29) is 29.4 Å². The molecule has 0 aromatic carbocycles. The predicted octanol–water partition coefficient (Wildman–Crippen LogP) is 3.83. The molecular formula is C18H30IN5OS. The average Bonchev–Trinajstić information content (AvgIpc) is 3.16. The van der Waals surface area contributed by atoms with Crippen LogP contribution in [0, 0.1) is 6.92 Å². The minimum absolute atomic E-state index is 0. The van der Waals surface area contributed by atoms with E-state index in [4.69, 9.17) is 4.42 Å². The van der Waals surface area contributed by atoms with Gasteiger partial charge in [-0.05, 0) is 13.3 Å². The minimum atomic E-state index is -0.0334. The number of nitrogens with one attached hydrogen (secondary N) is 2. The second-order valence-electron chi connectivity index (χ2n) is 6.93. The van der Waals surface area contributed by atoms with Gasteiger partial charge in [-0.15, -0.1) is 35.3 Å². The predicted molar refractivity (Wildman–Crippen MR) is 119 cm³/mol. The first-order chi connectivity index (χ1) is 11.8. The van der Waals surface area contributed by atoms with E-state index in [2.05, 4.69) is 60.2 Å². The number of aliphatic imine (C=N–C) groups is 1. The summed E-state index contributed by atoms with van der Waals surface area (Å²) in [5.41, 5.74) is 1.18. The summed E-state index contributed by atoms with van der Waals surface area (Å²) in [5.74, 6) is 2.29. The van der Waals surface area contributed by atoms with Crippen LogP contribution < -0.4 is 10.6 Å². The van der Waals surface area contributed by atoms with Gasteiger partial charge in [0.15, 0.2) is 5.96 Å². The molecule has 0 atom stereocenters. The van der Waals surface area contributed by atoms with Crippen LogP contribution in [-0.4, -0.2) is 29.5 Å². The second kappa shape index (κ2) is 10.2. The molecule has 0 saturated heterocycles. The third kappa shape index (κ3) is 6.53. The minimum Gasteiger partial charge on any atom is -0.443 e. The Labute approximate surface area is 177 Å². The maximum Gasteiger partial charge on any atom is 0.213 e. The van der Waals surface area contributed by atoms with Crippen LogP contribution in [0.15, 0.2) is 15.6 Å². The average molecular weight is 491 g/mol. The molecule has 0 aliphatic carbocycles. The fraction of sp³-hybridized carbons (Fsp3) is 0.611. The Hall–Kier alpha value is -1.16. The van der Waals surface area contributed by atoms with Crippen LogP contribution in [0.3, 0.4) is 0 Å². The van der Waals surface area contributed by atoms with Crippen LogP contribution in [0.2, 0.25) is 0 Å². The SMILES string of the molecule is CCc1nc(CCNC(=NC)NCc2ncc(C(C)(C)C)o2)sc1C.I. The lowest BCUT2D eigenvalue weighted by Gasteiger charge is -2.13. The van der Waals surface area contributed by atoms with Crippen molar-refractivity contribution in [3.8, 4) is 0 Å². The van der Waals surface area contributed by atoms with E-state index in [0.717, 1.165) is 31.1 Å². The summed E-state index contributed by atoms with van der Waals surface area (Å²) in [7, 11) is 1.76. The summed E-state index contributed by atoms with van der Waals surface area (Å²) in [6.07, 6.45) is 3.67. The first-order valence-corrected chi connectivity index (χ1v) is 9.50. The van der Waals surface area contributed by atoms with E-state index in [0.29, 0.717) is 12.4 Å². The lowest BCUT2D eigenvalue weighted by molar-refractivity contribution is 0.379. The molecular weight excluding hydrogens is 461 g/mol. The number of guanidine groups is 1.